The molecular formula is C11H17N3O3. The Balaban J connectivity index is 2.33. The van der Waals surface area contributed by atoms with Gasteiger partial charge >= 0.3 is 5.97 Å². The van der Waals surface area contributed by atoms with Gasteiger partial charge in [0.05, 0.1) is 19.5 Å². The SMILES string of the molecule is COC(=O)c1cnc(NCCCCCO)cn1. The summed E-state index contributed by atoms with van der Waals surface area (Å²) >= 11 is 0. The maximum absolute atomic E-state index is 11.1. The molecule has 0 aliphatic heterocycles. The quantitative estimate of drug-likeness (QED) is 0.541. The number of esters is 1. The number of nitrogens with one attached hydrogen (secondary N) is 1. The van der Waals surface area contributed by atoms with Crippen LogP contribution in [0.2, 0.25) is 0 Å². The van der Waals surface area contributed by atoms with E-state index in [-0.39, 0.29) is 12.3 Å². The van der Waals surface area contributed by atoms with E-state index in [1.165, 1.54) is 19.5 Å². The number of anilines is 1. The summed E-state index contributed by atoms with van der Waals surface area (Å²) in [5.74, 6) is 0.133. The van der Waals surface area contributed by atoms with Crippen molar-refractivity contribution in [3.8, 4) is 0 Å². The fourth-order valence-corrected chi connectivity index (χ4v) is 1.26. The Morgan fingerprint density at radius 2 is 2.18 bits per heavy atom. The molecule has 0 bridgehead atoms. The lowest BCUT2D eigenvalue weighted by Gasteiger charge is -2.04. The number of aromatic nitrogens is 2. The number of aliphatic hydroxyl groups is 1. The first-order valence-electron chi connectivity index (χ1n) is 5.53. The second-order valence-electron chi connectivity index (χ2n) is 3.49. The smallest absolute Gasteiger partial charge is 0.358 e. The van der Waals surface area contributed by atoms with E-state index in [0.29, 0.717) is 5.82 Å². The van der Waals surface area contributed by atoms with E-state index in [1.807, 2.05) is 0 Å². The van der Waals surface area contributed by atoms with Crippen molar-refractivity contribution in [3.05, 3.63) is 18.1 Å². The van der Waals surface area contributed by atoms with Crippen LogP contribution in [0.1, 0.15) is 29.8 Å². The highest BCUT2D eigenvalue weighted by Crippen LogP contribution is 2.03. The molecule has 0 spiro atoms. The van der Waals surface area contributed by atoms with Gasteiger partial charge in [0.2, 0.25) is 0 Å². The first kappa shape index (κ1) is 13.4. The Hall–Kier alpha value is -1.69. The fraction of sp³-hybridized carbons (Fsp3) is 0.545. The number of aliphatic hydroxyl groups excluding tert-OH is 1. The second-order valence-corrected chi connectivity index (χ2v) is 3.49. The highest BCUT2D eigenvalue weighted by molar-refractivity contribution is 5.86. The normalized spacial score (nSPS) is 10.0. The van der Waals surface area contributed by atoms with E-state index in [9.17, 15) is 4.79 Å². The number of carbonyl (C=O) groups excluding carboxylic acids is 1. The zero-order valence-corrected chi connectivity index (χ0v) is 9.85. The zero-order chi connectivity index (χ0) is 12.5. The monoisotopic (exact) mass is 239 g/mol. The van der Waals surface area contributed by atoms with Crippen LogP contribution in [-0.4, -0.2) is 41.3 Å². The van der Waals surface area contributed by atoms with Gasteiger partial charge < -0.3 is 15.2 Å². The van der Waals surface area contributed by atoms with Crippen molar-refractivity contribution in [1.29, 1.82) is 0 Å². The minimum absolute atomic E-state index is 0.193. The maximum atomic E-state index is 11.1. The van der Waals surface area contributed by atoms with Crippen molar-refractivity contribution in [1.82, 2.24) is 9.97 Å². The van der Waals surface area contributed by atoms with Crippen molar-refractivity contribution in [2.24, 2.45) is 0 Å². The van der Waals surface area contributed by atoms with Crippen LogP contribution >= 0.6 is 0 Å². The van der Waals surface area contributed by atoms with Gasteiger partial charge in [-0.05, 0) is 19.3 Å². The molecule has 17 heavy (non-hydrogen) atoms. The van der Waals surface area contributed by atoms with Crippen LogP contribution in [0.4, 0.5) is 5.82 Å². The average molecular weight is 239 g/mol. The molecule has 6 nitrogen and oxygen atoms in total. The highest BCUT2D eigenvalue weighted by atomic mass is 16.5. The topological polar surface area (TPSA) is 84.3 Å². The molecule has 1 aromatic rings. The minimum Gasteiger partial charge on any atom is -0.464 e. The first-order valence-corrected chi connectivity index (χ1v) is 5.53. The number of rotatable bonds is 7. The van der Waals surface area contributed by atoms with Crippen molar-refractivity contribution in [2.75, 3.05) is 25.6 Å². The van der Waals surface area contributed by atoms with Crippen LogP contribution in [0.5, 0.6) is 0 Å². The largest absolute Gasteiger partial charge is 0.464 e. The average Bonchev–Trinajstić information content (AvgIpc) is 2.38. The van der Waals surface area contributed by atoms with Gasteiger partial charge in [0.15, 0.2) is 5.69 Å². The molecule has 6 heteroatoms. The van der Waals surface area contributed by atoms with Crippen molar-refractivity contribution >= 4 is 11.8 Å². The van der Waals surface area contributed by atoms with Crippen molar-refractivity contribution in [2.45, 2.75) is 19.3 Å². The molecule has 0 radical (unpaired) electrons. The molecule has 0 saturated heterocycles. The summed E-state index contributed by atoms with van der Waals surface area (Å²) in [6.07, 6.45) is 5.62. The number of hydrogen-bond donors (Lipinski definition) is 2. The van der Waals surface area contributed by atoms with Crippen LogP contribution in [-0.2, 0) is 4.74 Å². The fourth-order valence-electron chi connectivity index (χ4n) is 1.26. The minimum atomic E-state index is -0.494. The molecule has 0 amide bonds. The van der Waals surface area contributed by atoms with Gasteiger partial charge in [-0.2, -0.15) is 0 Å². The van der Waals surface area contributed by atoms with Crippen LogP contribution in [0.3, 0.4) is 0 Å². The van der Waals surface area contributed by atoms with Crippen LogP contribution in [0.15, 0.2) is 12.4 Å². The second kappa shape index (κ2) is 7.56. The molecule has 94 valence electrons. The molecule has 0 fully saturated rings. The summed E-state index contributed by atoms with van der Waals surface area (Å²) < 4.78 is 4.52. The van der Waals surface area contributed by atoms with Crippen LogP contribution in [0, 0.1) is 0 Å². The number of methoxy groups -OCH3 is 1. The first-order chi connectivity index (χ1) is 8.27. The molecular weight excluding hydrogens is 222 g/mol. The molecule has 1 aromatic heterocycles. The van der Waals surface area contributed by atoms with E-state index in [0.717, 1.165) is 25.8 Å². The van der Waals surface area contributed by atoms with E-state index >= 15 is 0 Å². The Morgan fingerprint density at radius 1 is 1.35 bits per heavy atom. The third-order valence-corrected chi connectivity index (χ3v) is 2.19. The molecule has 0 unspecified atom stereocenters. The number of hydrogen-bond acceptors (Lipinski definition) is 6. The number of unbranched alkanes of at least 4 members (excludes halogenated alkanes) is 2. The maximum Gasteiger partial charge on any atom is 0.358 e. The van der Waals surface area contributed by atoms with Crippen LogP contribution < -0.4 is 5.32 Å². The Labute approximate surface area is 100 Å². The highest BCUT2D eigenvalue weighted by Gasteiger charge is 2.06. The molecule has 0 aliphatic rings. The van der Waals surface area contributed by atoms with Gasteiger partial charge in [-0.3, -0.25) is 0 Å². The molecule has 0 saturated carbocycles. The number of nitrogens with zero attached hydrogens (tertiary/aromatic N) is 2. The van der Waals surface area contributed by atoms with Gasteiger partial charge in [-0.1, -0.05) is 0 Å². The van der Waals surface area contributed by atoms with E-state index in [1.54, 1.807) is 0 Å². The summed E-state index contributed by atoms with van der Waals surface area (Å²) in [6, 6.07) is 0. The molecule has 0 atom stereocenters. The van der Waals surface area contributed by atoms with Gasteiger partial charge in [0.25, 0.3) is 0 Å². The van der Waals surface area contributed by atoms with E-state index in [4.69, 9.17) is 5.11 Å². The molecule has 2 N–H and O–H groups in total. The molecule has 0 aliphatic carbocycles. The number of carbonyl (C=O) groups is 1. The number of ether oxygens (including phenoxy) is 1. The lowest BCUT2D eigenvalue weighted by atomic mass is 10.2. The summed E-state index contributed by atoms with van der Waals surface area (Å²) in [5, 5.41) is 11.7. The van der Waals surface area contributed by atoms with Gasteiger partial charge in [-0.15, -0.1) is 0 Å². The third-order valence-electron chi connectivity index (χ3n) is 2.19. The predicted molar refractivity (Wildman–Crippen MR) is 62.8 cm³/mol. The Kier molecular flexibility index (Phi) is 5.95. The van der Waals surface area contributed by atoms with E-state index < -0.39 is 5.97 Å². The van der Waals surface area contributed by atoms with Crippen molar-refractivity contribution in [3.63, 3.8) is 0 Å². The van der Waals surface area contributed by atoms with E-state index in [2.05, 4.69) is 20.0 Å². The third kappa shape index (κ3) is 4.78. The standard InChI is InChI=1S/C11H17N3O3/c1-17-11(16)9-7-14-10(8-13-9)12-5-3-2-4-6-15/h7-8,15H,2-6H2,1H3,(H,12,14). The molecule has 0 aromatic carbocycles. The lowest BCUT2D eigenvalue weighted by molar-refractivity contribution is 0.0593. The summed E-state index contributed by atoms with van der Waals surface area (Å²) in [7, 11) is 1.30. The van der Waals surface area contributed by atoms with Crippen molar-refractivity contribution < 1.29 is 14.6 Å². The Morgan fingerprint density at radius 3 is 2.76 bits per heavy atom. The molecule has 1 heterocycles. The summed E-state index contributed by atoms with van der Waals surface area (Å²) in [5.41, 5.74) is 0.193. The summed E-state index contributed by atoms with van der Waals surface area (Å²) in [6.45, 7) is 1.000. The van der Waals surface area contributed by atoms with Crippen LogP contribution in [0.25, 0.3) is 0 Å². The van der Waals surface area contributed by atoms with Gasteiger partial charge in [0, 0.05) is 13.2 Å². The Bertz CT molecular complexity index is 340. The van der Waals surface area contributed by atoms with Gasteiger partial charge in [0.1, 0.15) is 5.82 Å². The molecule has 1 rings (SSSR count). The lowest BCUT2D eigenvalue weighted by Crippen LogP contribution is -2.08. The summed E-state index contributed by atoms with van der Waals surface area (Å²) in [4.78, 5) is 19.1. The van der Waals surface area contributed by atoms with Gasteiger partial charge in [-0.25, -0.2) is 14.8 Å². The zero-order valence-electron chi connectivity index (χ0n) is 9.85. The predicted octanol–water partition coefficient (Wildman–Crippen LogP) is 0.838.